The first-order chi connectivity index (χ1) is 13.1. The Morgan fingerprint density at radius 1 is 1.04 bits per heavy atom. The van der Waals surface area contributed by atoms with E-state index in [9.17, 15) is 4.79 Å². The Labute approximate surface area is 173 Å². The molecule has 0 aliphatic carbocycles. The quantitative estimate of drug-likeness (QED) is 0.764. The number of piperidine rings is 1. The van der Waals surface area contributed by atoms with E-state index in [-0.39, 0.29) is 31.0 Å². The summed E-state index contributed by atoms with van der Waals surface area (Å²) in [5.74, 6) is 1.75. The van der Waals surface area contributed by atoms with Crippen molar-refractivity contribution in [1.82, 2.24) is 4.90 Å². The lowest BCUT2D eigenvalue weighted by molar-refractivity contribution is -0.134. The van der Waals surface area contributed by atoms with Crippen LogP contribution in [0.15, 0.2) is 54.6 Å². The first-order valence-electron chi connectivity index (χ1n) is 9.55. The van der Waals surface area contributed by atoms with Crippen molar-refractivity contribution in [2.45, 2.75) is 32.4 Å². The molecule has 1 amide bonds. The summed E-state index contributed by atoms with van der Waals surface area (Å²) in [6, 6.07) is 17.6. The van der Waals surface area contributed by atoms with Crippen molar-refractivity contribution in [3.05, 3.63) is 60.2 Å². The van der Waals surface area contributed by atoms with E-state index in [0.29, 0.717) is 24.0 Å². The number of hydrogen-bond acceptors (Lipinski definition) is 4. The lowest BCUT2D eigenvalue weighted by atomic mass is 9.91. The minimum atomic E-state index is 0. The fourth-order valence-corrected chi connectivity index (χ4v) is 3.33. The molecule has 1 fully saturated rings. The zero-order valence-electron chi connectivity index (χ0n) is 16.3. The maximum absolute atomic E-state index is 12.5. The van der Waals surface area contributed by atoms with Gasteiger partial charge in [-0.25, -0.2) is 0 Å². The van der Waals surface area contributed by atoms with E-state index in [0.717, 1.165) is 31.5 Å². The van der Waals surface area contributed by atoms with Crippen molar-refractivity contribution in [3.8, 4) is 11.5 Å². The first kappa shape index (κ1) is 22.1. The summed E-state index contributed by atoms with van der Waals surface area (Å²) in [6.45, 7) is 4.02. The van der Waals surface area contributed by atoms with Gasteiger partial charge < -0.3 is 20.1 Å². The van der Waals surface area contributed by atoms with E-state index < -0.39 is 0 Å². The minimum absolute atomic E-state index is 0. The van der Waals surface area contributed by atoms with Gasteiger partial charge in [0.2, 0.25) is 0 Å². The van der Waals surface area contributed by atoms with Crippen molar-refractivity contribution >= 4 is 18.3 Å². The fourth-order valence-electron chi connectivity index (χ4n) is 3.33. The number of rotatable bonds is 7. The first-order valence-corrected chi connectivity index (χ1v) is 9.55. The van der Waals surface area contributed by atoms with Crippen LogP contribution in [0.2, 0.25) is 0 Å². The summed E-state index contributed by atoms with van der Waals surface area (Å²) in [4.78, 5) is 14.3. The molecule has 0 radical (unpaired) electrons. The van der Waals surface area contributed by atoms with Crippen LogP contribution in [0, 0.1) is 5.92 Å². The highest BCUT2D eigenvalue weighted by molar-refractivity contribution is 5.85. The number of halogens is 1. The molecule has 6 heteroatoms. The van der Waals surface area contributed by atoms with Gasteiger partial charge in [0.1, 0.15) is 6.61 Å². The molecular weight excluding hydrogens is 376 g/mol. The monoisotopic (exact) mass is 404 g/mol. The van der Waals surface area contributed by atoms with E-state index in [1.807, 2.05) is 66.4 Å². The van der Waals surface area contributed by atoms with E-state index in [4.69, 9.17) is 15.2 Å². The van der Waals surface area contributed by atoms with Gasteiger partial charge in [0.05, 0.1) is 0 Å². The maximum Gasteiger partial charge on any atom is 0.260 e. The molecule has 152 valence electrons. The highest BCUT2D eigenvalue weighted by Gasteiger charge is 2.25. The van der Waals surface area contributed by atoms with Gasteiger partial charge in [0, 0.05) is 19.1 Å². The Hall–Kier alpha value is -2.24. The van der Waals surface area contributed by atoms with E-state index in [1.165, 1.54) is 0 Å². The third-order valence-corrected chi connectivity index (χ3v) is 5.07. The lowest BCUT2D eigenvalue weighted by Crippen LogP contribution is -2.44. The fraction of sp³-hybridized carbons (Fsp3) is 0.409. The van der Waals surface area contributed by atoms with E-state index in [2.05, 4.69) is 0 Å². The molecule has 1 unspecified atom stereocenters. The number of ether oxygens (including phenoxy) is 2. The molecule has 0 saturated carbocycles. The van der Waals surface area contributed by atoms with E-state index in [1.54, 1.807) is 0 Å². The van der Waals surface area contributed by atoms with Crippen LogP contribution in [-0.2, 0) is 11.4 Å². The Morgan fingerprint density at radius 3 is 2.21 bits per heavy atom. The van der Waals surface area contributed by atoms with Crippen molar-refractivity contribution < 1.29 is 14.3 Å². The standard InChI is InChI=1S/C22H28N2O3.ClH/c1-17(23)19-11-13-24(14-12-19)22(25)16-27-21-10-6-5-9-20(21)26-15-18-7-3-2-4-8-18;/h2-10,17,19H,11-16,23H2,1H3;1H. The normalized spacial score (nSPS) is 15.4. The molecule has 0 aromatic heterocycles. The number of hydrogen-bond donors (Lipinski definition) is 1. The smallest absolute Gasteiger partial charge is 0.260 e. The number of amides is 1. The van der Waals surface area contributed by atoms with Crippen LogP contribution in [0.4, 0.5) is 0 Å². The summed E-state index contributed by atoms with van der Waals surface area (Å²) in [5.41, 5.74) is 7.05. The third-order valence-electron chi connectivity index (χ3n) is 5.07. The molecule has 28 heavy (non-hydrogen) atoms. The predicted octanol–water partition coefficient (Wildman–Crippen LogP) is 3.65. The Kier molecular flexibility index (Phi) is 8.61. The van der Waals surface area contributed by atoms with Crippen LogP contribution in [0.5, 0.6) is 11.5 Å². The molecule has 2 aromatic rings. The third kappa shape index (κ3) is 6.14. The number of carbonyl (C=O) groups is 1. The van der Waals surface area contributed by atoms with Gasteiger partial charge >= 0.3 is 0 Å². The molecule has 1 aliphatic rings. The van der Waals surface area contributed by atoms with Crippen LogP contribution >= 0.6 is 12.4 Å². The highest BCUT2D eigenvalue weighted by atomic mass is 35.5. The molecule has 2 N–H and O–H groups in total. The average Bonchev–Trinajstić information content (AvgIpc) is 2.72. The molecule has 0 bridgehead atoms. The zero-order valence-corrected chi connectivity index (χ0v) is 17.1. The number of nitrogens with two attached hydrogens (primary N) is 1. The summed E-state index contributed by atoms with van der Waals surface area (Å²) < 4.78 is 11.7. The predicted molar refractivity (Wildman–Crippen MR) is 113 cm³/mol. The SMILES string of the molecule is CC(N)C1CCN(C(=O)COc2ccccc2OCc2ccccc2)CC1.Cl. The molecule has 1 aliphatic heterocycles. The second-order valence-electron chi connectivity index (χ2n) is 7.09. The van der Waals surface area contributed by atoms with Gasteiger partial charge in [0.15, 0.2) is 18.1 Å². The summed E-state index contributed by atoms with van der Waals surface area (Å²) in [7, 11) is 0. The highest BCUT2D eigenvalue weighted by Crippen LogP contribution is 2.27. The zero-order chi connectivity index (χ0) is 19.1. The summed E-state index contributed by atoms with van der Waals surface area (Å²) >= 11 is 0. The van der Waals surface area contributed by atoms with Gasteiger partial charge in [-0.3, -0.25) is 4.79 Å². The molecular formula is C22H29ClN2O3. The van der Waals surface area contributed by atoms with Crippen LogP contribution in [-0.4, -0.2) is 36.5 Å². The molecule has 1 heterocycles. The number of carbonyl (C=O) groups excluding carboxylic acids is 1. The van der Waals surface area contributed by atoms with Crippen LogP contribution in [0.3, 0.4) is 0 Å². The molecule has 1 saturated heterocycles. The number of likely N-dealkylation sites (tertiary alicyclic amines) is 1. The van der Waals surface area contributed by atoms with Crippen molar-refractivity contribution in [2.75, 3.05) is 19.7 Å². The van der Waals surface area contributed by atoms with Gasteiger partial charge in [-0.1, -0.05) is 42.5 Å². The van der Waals surface area contributed by atoms with Gasteiger partial charge in [-0.05, 0) is 43.4 Å². The van der Waals surface area contributed by atoms with Crippen LogP contribution in [0.25, 0.3) is 0 Å². The molecule has 5 nitrogen and oxygen atoms in total. The Morgan fingerprint density at radius 2 is 1.61 bits per heavy atom. The Balaban J connectivity index is 0.00000280. The lowest BCUT2D eigenvalue weighted by Gasteiger charge is -2.33. The van der Waals surface area contributed by atoms with Crippen LogP contribution in [0.1, 0.15) is 25.3 Å². The molecule has 0 spiro atoms. The number of benzene rings is 2. The molecule has 1 atom stereocenters. The minimum Gasteiger partial charge on any atom is -0.485 e. The summed E-state index contributed by atoms with van der Waals surface area (Å²) in [5, 5.41) is 0. The van der Waals surface area contributed by atoms with Gasteiger partial charge in [0.25, 0.3) is 5.91 Å². The Bertz CT molecular complexity index is 732. The van der Waals surface area contributed by atoms with E-state index >= 15 is 0 Å². The van der Waals surface area contributed by atoms with Crippen molar-refractivity contribution in [2.24, 2.45) is 11.7 Å². The largest absolute Gasteiger partial charge is 0.485 e. The van der Waals surface area contributed by atoms with Gasteiger partial charge in [-0.15, -0.1) is 12.4 Å². The number of para-hydroxylation sites is 2. The number of nitrogens with zero attached hydrogens (tertiary/aromatic N) is 1. The summed E-state index contributed by atoms with van der Waals surface area (Å²) in [6.07, 6.45) is 1.92. The van der Waals surface area contributed by atoms with Gasteiger partial charge in [-0.2, -0.15) is 0 Å². The topological polar surface area (TPSA) is 64.8 Å². The average molecular weight is 405 g/mol. The molecule has 2 aromatic carbocycles. The maximum atomic E-state index is 12.5. The second kappa shape index (κ2) is 10.9. The molecule has 3 rings (SSSR count). The van der Waals surface area contributed by atoms with Crippen molar-refractivity contribution in [3.63, 3.8) is 0 Å². The van der Waals surface area contributed by atoms with Crippen molar-refractivity contribution in [1.29, 1.82) is 0 Å². The second-order valence-corrected chi connectivity index (χ2v) is 7.09. The van der Waals surface area contributed by atoms with Crippen LogP contribution < -0.4 is 15.2 Å².